The number of rotatable bonds is 7. The van der Waals surface area contributed by atoms with Crippen LogP contribution in [-0.2, 0) is 16.0 Å². The van der Waals surface area contributed by atoms with Crippen LogP contribution in [0, 0.1) is 17.7 Å². The van der Waals surface area contributed by atoms with Gasteiger partial charge in [0.1, 0.15) is 5.82 Å². The van der Waals surface area contributed by atoms with Gasteiger partial charge in [-0.25, -0.2) is 4.39 Å². The molecule has 2 N–H and O–H groups in total. The van der Waals surface area contributed by atoms with Crippen LogP contribution in [0.2, 0.25) is 0 Å². The lowest BCUT2D eigenvalue weighted by molar-refractivity contribution is -0.139. The molecule has 0 aliphatic heterocycles. The lowest BCUT2D eigenvalue weighted by atomic mass is 9.84. The van der Waals surface area contributed by atoms with E-state index in [9.17, 15) is 14.0 Å². The summed E-state index contributed by atoms with van der Waals surface area (Å²) in [5, 5.41) is 11.9. The zero-order valence-corrected chi connectivity index (χ0v) is 13.5. The molecule has 0 spiro atoms. The average molecular weight is 309 g/mol. The zero-order valence-electron chi connectivity index (χ0n) is 13.5. The molecule has 0 radical (unpaired) electrons. The Morgan fingerprint density at radius 1 is 1.32 bits per heavy atom. The van der Waals surface area contributed by atoms with Crippen molar-refractivity contribution in [3.05, 3.63) is 35.6 Å². The molecule has 1 aromatic carbocycles. The van der Waals surface area contributed by atoms with E-state index in [1.54, 1.807) is 26.0 Å². The van der Waals surface area contributed by atoms with Crippen LogP contribution in [0.1, 0.15) is 39.7 Å². The van der Waals surface area contributed by atoms with Gasteiger partial charge in [-0.2, -0.15) is 0 Å². The first-order chi connectivity index (χ1) is 10.1. The molecule has 0 aliphatic rings. The smallest absolute Gasteiger partial charge is 0.305 e. The van der Waals surface area contributed by atoms with Crippen LogP contribution in [0.15, 0.2) is 24.3 Å². The molecule has 0 fully saturated rings. The molecule has 0 aromatic heterocycles. The summed E-state index contributed by atoms with van der Waals surface area (Å²) in [6.45, 7) is 7.24. The Morgan fingerprint density at radius 2 is 1.95 bits per heavy atom. The SMILES string of the molecule is CC(Cc1cccc(F)c1)C(=O)NC(C)(CC(=O)O)C(C)C. The number of hydrogen-bond donors (Lipinski definition) is 2. The first-order valence-corrected chi connectivity index (χ1v) is 7.42. The standard InChI is InChI=1S/C17H24FNO3/c1-11(2)17(4,10-15(20)21)19-16(22)12(3)8-13-6-5-7-14(18)9-13/h5-7,9,11-12H,8,10H2,1-4H3,(H,19,22)(H,20,21). The molecule has 1 rings (SSSR count). The van der Waals surface area contributed by atoms with E-state index in [0.717, 1.165) is 5.56 Å². The minimum Gasteiger partial charge on any atom is -0.481 e. The summed E-state index contributed by atoms with van der Waals surface area (Å²) in [7, 11) is 0. The van der Waals surface area contributed by atoms with Crippen molar-refractivity contribution in [1.29, 1.82) is 0 Å². The molecule has 0 saturated carbocycles. The van der Waals surface area contributed by atoms with Crippen LogP contribution in [0.4, 0.5) is 4.39 Å². The fourth-order valence-corrected chi connectivity index (χ4v) is 2.22. The van der Waals surface area contributed by atoms with Gasteiger partial charge in [-0.1, -0.05) is 32.9 Å². The maximum Gasteiger partial charge on any atom is 0.305 e. The molecule has 22 heavy (non-hydrogen) atoms. The summed E-state index contributed by atoms with van der Waals surface area (Å²) in [5.41, 5.74) is -0.0637. The molecular formula is C17H24FNO3. The van der Waals surface area contributed by atoms with E-state index in [-0.39, 0.29) is 30.0 Å². The first-order valence-electron chi connectivity index (χ1n) is 7.42. The summed E-state index contributed by atoms with van der Waals surface area (Å²) >= 11 is 0. The minimum absolute atomic E-state index is 0.0195. The number of aliphatic carboxylic acids is 1. The second-order valence-corrected chi connectivity index (χ2v) is 6.37. The van der Waals surface area contributed by atoms with Crippen LogP contribution >= 0.6 is 0 Å². The molecular weight excluding hydrogens is 285 g/mol. The van der Waals surface area contributed by atoms with Crippen molar-refractivity contribution in [1.82, 2.24) is 5.32 Å². The molecule has 4 nitrogen and oxygen atoms in total. The van der Waals surface area contributed by atoms with E-state index < -0.39 is 11.5 Å². The summed E-state index contributed by atoms with van der Waals surface area (Å²) in [4.78, 5) is 23.3. The summed E-state index contributed by atoms with van der Waals surface area (Å²) in [6, 6.07) is 6.14. The van der Waals surface area contributed by atoms with E-state index in [1.807, 2.05) is 13.8 Å². The van der Waals surface area contributed by atoms with Gasteiger partial charge in [-0.05, 0) is 37.0 Å². The number of carbonyl (C=O) groups excluding carboxylic acids is 1. The van der Waals surface area contributed by atoms with Crippen LogP contribution < -0.4 is 5.32 Å². The Kier molecular flexibility index (Phi) is 6.09. The maximum absolute atomic E-state index is 13.2. The number of halogens is 1. The fourth-order valence-electron chi connectivity index (χ4n) is 2.22. The molecule has 122 valence electrons. The fraction of sp³-hybridized carbons (Fsp3) is 0.529. The van der Waals surface area contributed by atoms with Crippen molar-refractivity contribution in [2.24, 2.45) is 11.8 Å². The number of nitrogens with one attached hydrogen (secondary N) is 1. The number of benzene rings is 1. The van der Waals surface area contributed by atoms with Gasteiger partial charge in [-0.15, -0.1) is 0 Å². The predicted molar refractivity (Wildman–Crippen MR) is 82.9 cm³/mol. The number of carbonyl (C=O) groups is 2. The Bertz CT molecular complexity index is 544. The molecule has 0 bridgehead atoms. The molecule has 2 unspecified atom stereocenters. The van der Waals surface area contributed by atoms with Gasteiger partial charge in [0, 0.05) is 11.5 Å². The van der Waals surface area contributed by atoms with Crippen LogP contribution in [0.3, 0.4) is 0 Å². The molecule has 0 aliphatic carbocycles. The van der Waals surface area contributed by atoms with Crippen molar-refractivity contribution >= 4 is 11.9 Å². The summed E-state index contributed by atoms with van der Waals surface area (Å²) < 4.78 is 13.2. The Balaban J connectivity index is 2.75. The molecule has 0 heterocycles. The Morgan fingerprint density at radius 3 is 2.45 bits per heavy atom. The molecule has 2 atom stereocenters. The molecule has 5 heteroatoms. The molecule has 0 saturated heterocycles. The van der Waals surface area contributed by atoms with E-state index in [0.29, 0.717) is 6.42 Å². The second-order valence-electron chi connectivity index (χ2n) is 6.37. The van der Waals surface area contributed by atoms with Gasteiger partial charge in [0.25, 0.3) is 0 Å². The number of carboxylic acid groups (broad SMARTS) is 1. The van der Waals surface area contributed by atoms with Crippen LogP contribution in [0.25, 0.3) is 0 Å². The highest BCUT2D eigenvalue weighted by molar-refractivity contribution is 5.80. The van der Waals surface area contributed by atoms with Gasteiger partial charge < -0.3 is 10.4 Å². The maximum atomic E-state index is 13.2. The van der Waals surface area contributed by atoms with E-state index in [4.69, 9.17) is 5.11 Å². The highest BCUT2D eigenvalue weighted by Gasteiger charge is 2.33. The zero-order chi connectivity index (χ0) is 16.9. The van der Waals surface area contributed by atoms with Crippen molar-refractivity contribution in [3.8, 4) is 0 Å². The second kappa shape index (κ2) is 7.38. The van der Waals surface area contributed by atoms with Gasteiger partial charge in [0.05, 0.1) is 6.42 Å². The highest BCUT2D eigenvalue weighted by Crippen LogP contribution is 2.22. The van der Waals surface area contributed by atoms with Crippen molar-refractivity contribution in [2.45, 2.75) is 46.1 Å². The topological polar surface area (TPSA) is 66.4 Å². The molecule has 1 aromatic rings. The quantitative estimate of drug-likeness (QED) is 0.813. The molecule has 1 amide bonds. The van der Waals surface area contributed by atoms with Gasteiger partial charge in [0.2, 0.25) is 5.91 Å². The Hall–Kier alpha value is -1.91. The summed E-state index contributed by atoms with van der Waals surface area (Å²) in [5.74, 6) is -1.89. The third-order valence-corrected chi connectivity index (χ3v) is 4.08. The Labute approximate surface area is 130 Å². The van der Waals surface area contributed by atoms with Gasteiger partial charge >= 0.3 is 5.97 Å². The lowest BCUT2D eigenvalue weighted by Gasteiger charge is -2.34. The number of hydrogen-bond acceptors (Lipinski definition) is 2. The summed E-state index contributed by atoms with van der Waals surface area (Å²) in [6.07, 6.45) is 0.272. The van der Waals surface area contributed by atoms with Crippen molar-refractivity contribution in [2.75, 3.05) is 0 Å². The predicted octanol–water partition coefficient (Wildman–Crippen LogP) is 3.01. The van der Waals surface area contributed by atoms with E-state index >= 15 is 0 Å². The van der Waals surface area contributed by atoms with Crippen LogP contribution in [0.5, 0.6) is 0 Å². The highest BCUT2D eigenvalue weighted by atomic mass is 19.1. The van der Waals surface area contributed by atoms with Gasteiger partial charge in [0.15, 0.2) is 0 Å². The lowest BCUT2D eigenvalue weighted by Crippen LogP contribution is -2.52. The third-order valence-electron chi connectivity index (χ3n) is 4.08. The minimum atomic E-state index is -0.950. The first kappa shape index (κ1) is 18.1. The number of carboxylic acids is 1. The normalized spacial score (nSPS) is 15.2. The third kappa shape index (κ3) is 5.13. The van der Waals surface area contributed by atoms with Crippen LogP contribution in [-0.4, -0.2) is 22.5 Å². The van der Waals surface area contributed by atoms with Crippen molar-refractivity contribution in [3.63, 3.8) is 0 Å². The average Bonchev–Trinajstić information content (AvgIpc) is 2.37. The monoisotopic (exact) mass is 309 g/mol. The van der Waals surface area contributed by atoms with Crippen molar-refractivity contribution < 1.29 is 19.1 Å². The largest absolute Gasteiger partial charge is 0.481 e. The van der Waals surface area contributed by atoms with E-state index in [1.165, 1.54) is 12.1 Å². The van der Waals surface area contributed by atoms with E-state index in [2.05, 4.69) is 5.32 Å². The van der Waals surface area contributed by atoms with Gasteiger partial charge in [-0.3, -0.25) is 9.59 Å². The number of amides is 1.